The molecule has 4 heterocycles. The van der Waals surface area contributed by atoms with Gasteiger partial charge in [0.25, 0.3) is 0 Å². The molecule has 0 aliphatic carbocycles. The molecule has 0 radical (unpaired) electrons. The number of anilines is 1. The Balaban J connectivity index is 1.41. The lowest BCUT2D eigenvalue weighted by Gasteiger charge is -2.12. The molecule has 0 saturated carbocycles. The molecule has 0 aliphatic rings. The van der Waals surface area contributed by atoms with Crippen LogP contribution in [0.25, 0.3) is 55.8 Å². The molecule has 6 rings (SSSR count). The number of benzene rings is 2. The van der Waals surface area contributed by atoms with E-state index in [9.17, 15) is 17.6 Å². The van der Waals surface area contributed by atoms with E-state index in [1.165, 1.54) is 6.07 Å². The first-order chi connectivity index (χ1) is 20.5. The lowest BCUT2D eigenvalue weighted by atomic mass is 10.0. The van der Waals surface area contributed by atoms with Gasteiger partial charge in [-0.15, -0.1) is 0 Å². The standard InChI is InChI=1S/C30H27FN8O3S/c1-15(2)30(40)35-20-10-18(12-33-13-20)24-11-22-25(14-34-24)38-39-27(22)29-36-23-6-4-5-21(26(23)37-29)16-7-17(9-19(31)8-16)28(32)43(3,41)42/h4-15,28H,32H2,1-3H3,(H,35,40)(H,36,37)(H,38,39). The van der Waals surface area contributed by atoms with E-state index in [4.69, 9.17) is 10.7 Å². The van der Waals surface area contributed by atoms with Crippen molar-refractivity contribution in [3.63, 3.8) is 0 Å². The first-order valence-corrected chi connectivity index (χ1v) is 15.3. The fraction of sp³-hybridized carbons (Fsp3) is 0.167. The highest BCUT2D eigenvalue weighted by atomic mass is 32.2. The van der Waals surface area contributed by atoms with E-state index in [2.05, 4.69) is 30.5 Å². The Morgan fingerprint density at radius 2 is 1.84 bits per heavy atom. The Bertz CT molecular complexity index is 2140. The molecule has 4 aromatic heterocycles. The number of aromatic amines is 2. The number of aromatic nitrogens is 6. The van der Waals surface area contributed by atoms with Gasteiger partial charge in [0.15, 0.2) is 15.7 Å². The number of halogens is 1. The van der Waals surface area contributed by atoms with Gasteiger partial charge >= 0.3 is 0 Å². The van der Waals surface area contributed by atoms with Crippen LogP contribution in [-0.2, 0) is 14.6 Å². The van der Waals surface area contributed by atoms with Crippen LogP contribution in [0, 0.1) is 11.7 Å². The Morgan fingerprint density at radius 1 is 1.02 bits per heavy atom. The van der Waals surface area contributed by atoms with Crippen molar-refractivity contribution in [1.29, 1.82) is 0 Å². The van der Waals surface area contributed by atoms with E-state index in [1.807, 2.05) is 26.0 Å². The fourth-order valence-electron chi connectivity index (χ4n) is 4.75. The van der Waals surface area contributed by atoms with Crippen molar-refractivity contribution in [1.82, 2.24) is 30.1 Å². The minimum atomic E-state index is -3.65. The van der Waals surface area contributed by atoms with E-state index in [0.29, 0.717) is 56.1 Å². The number of nitrogens with zero attached hydrogens (tertiary/aromatic N) is 4. The second-order valence-corrected chi connectivity index (χ2v) is 12.8. The lowest BCUT2D eigenvalue weighted by Crippen LogP contribution is -2.20. The second kappa shape index (κ2) is 10.7. The summed E-state index contributed by atoms with van der Waals surface area (Å²) in [5, 5.41) is 9.69. The number of carbonyl (C=O) groups excluding carboxylic acids is 1. The van der Waals surface area contributed by atoms with Crippen molar-refractivity contribution < 1.29 is 17.6 Å². The van der Waals surface area contributed by atoms with Gasteiger partial charge in [-0.2, -0.15) is 5.10 Å². The number of hydrogen-bond donors (Lipinski definition) is 4. The molecule has 1 atom stereocenters. The van der Waals surface area contributed by atoms with Gasteiger partial charge in [0.1, 0.15) is 16.9 Å². The van der Waals surface area contributed by atoms with E-state index < -0.39 is 21.0 Å². The summed E-state index contributed by atoms with van der Waals surface area (Å²) in [6.07, 6.45) is 5.91. The van der Waals surface area contributed by atoms with Crippen molar-refractivity contribution in [3.8, 4) is 33.9 Å². The highest BCUT2D eigenvalue weighted by Gasteiger charge is 2.21. The van der Waals surface area contributed by atoms with Crippen LogP contribution in [0.4, 0.5) is 10.1 Å². The Kier molecular flexibility index (Phi) is 6.98. The van der Waals surface area contributed by atoms with E-state index >= 15 is 0 Å². The van der Waals surface area contributed by atoms with Gasteiger partial charge in [-0.25, -0.2) is 17.8 Å². The molecule has 0 saturated heterocycles. The van der Waals surface area contributed by atoms with Crippen molar-refractivity contribution in [2.75, 3.05) is 11.6 Å². The molecule has 43 heavy (non-hydrogen) atoms. The number of hydrogen-bond acceptors (Lipinski definition) is 8. The van der Waals surface area contributed by atoms with Crippen molar-refractivity contribution in [2.45, 2.75) is 19.2 Å². The smallest absolute Gasteiger partial charge is 0.226 e. The van der Waals surface area contributed by atoms with Gasteiger partial charge in [-0.1, -0.05) is 26.0 Å². The van der Waals surface area contributed by atoms with E-state index in [1.54, 1.807) is 42.9 Å². The zero-order valence-electron chi connectivity index (χ0n) is 23.4. The third-order valence-corrected chi connectivity index (χ3v) is 8.23. The molecule has 6 aromatic rings. The normalized spacial score (nSPS) is 12.7. The SMILES string of the molecule is CC(C)C(=O)Nc1cncc(-c2cc3c(-c4nc5c(-c6cc(F)cc(C(N)S(C)(=O)=O)c6)cccc5[nH]4)n[nH]c3cn2)c1. The number of nitrogens with two attached hydrogens (primary N) is 1. The number of amides is 1. The van der Waals surface area contributed by atoms with Crippen LogP contribution in [0.2, 0.25) is 0 Å². The maximum absolute atomic E-state index is 14.6. The third kappa shape index (κ3) is 5.47. The number of imidazole rings is 1. The average molecular weight is 599 g/mol. The molecule has 0 spiro atoms. The van der Waals surface area contributed by atoms with Crippen molar-refractivity contribution >= 4 is 43.4 Å². The molecule has 0 bridgehead atoms. The molecule has 1 amide bonds. The van der Waals surface area contributed by atoms with Gasteiger partial charge in [-0.3, -0.25) is 19.9 Å². The number of pyridine rings is 2. The zero-order chi connectivity index (χ0) is 30.5. The Hall–Kier alpha value is -5.01. The predicted octanol–water partition coefficient (Wildman–Crippen LogP) is 4.97. The summed E-state index contributed by atoms with van der Waals surface area (Å²) < 4.78 is 38.7. The maximum atomic E-state index is 14.6. The summed E-state index contributed by atoms with van der Waals surface area (Å²) in [6, 6.07) is 13.1. The topological polar surface area (TPSA) is 172 Å². The van der Waals surface area contributed by atoms with Crippen LogP contribution >= 0.6 is 0 Å². The van der Waals surface area contributed by atoms with Crippen LogP contribution < -0.4 is 11.1 Å². The first kappa shape index (κ1) is 28.1. The minimum absolute atomic E-state index is 0.114. The van der Waals surface area contributed by atoms with Gasteiger partial charge in [0, 0.05) is 34.9 Å². The van der Waals surface area contributed by atoms with Crippen molar-refractivity contribution in [2.24, 2.45) is 11.7 Å². The quantitative estimate of drug-likeness (QED) is 0.199. The molecule has 13 heteroatoms. The largest absolute Gasteiger partial charge is 0.337 e. The summed E-state index contributed by atoms with van der Waals surface area (Å²) in [7, 11) is -3.65. The van der Waals surface area contributed by atoms with Crippen LogP contribution in [0.3, 0.4) is 0 Å². The number of nitrogens with one attached hydrogen (secondary N) is 3. The molecule has 1 unspecified atom stereocenters. The molecule has 218 valence electrons. The van der Waals surface area contributed by atoms with Crippen molar-refractivity contribution in [3.05, 3.63) is 78.5 Å². The average Bonchev–Trinajstić information content (AvgIpc) is 3.59. The van der Waals surface area contributed by atoms with Crippen LogP contribution in [0.1, 0.15) is 24.8 Å². The van der Waals surface area contributed by atoms with E-state index in [-0.39, 0.29) is 17.4 Å². The van der Waals surface area contributed by atoms with Crippen LogP contribution in [0.15, 0.2) is 67.1 Å². The number of H-pyrrole nitrogens is 2. The number of rotatable bonds is 7. The van der Waals surface area contributed by atoms with E-state index in [0.717, 1.165) is 17.7 Å². The fourth-order valence-corrected chi connectivity index (χ4v) is 5.38. The number of para-hydroxylation sites is 1. The summed E-state index contributed by atoms with van der Waals surface area (Å²) in [5.41, 5.74) is 11.4. The van der Waals surface area contributed by atoms with Crippen LogP contribution in [-0.4, -0.2) is 50.7 Å². The summed E-state index contributed by atoms with van der Waals surface area (Å²) in [6.45, 7) is 3.63. The Labute approximate surface area is 245 Å². The van der Waals surface area contributed by atoms with Gasteiger partial charge in [-0.05, 0) is 47.5 Å². The maximum Gasteiger partial charge on any atom is 0.226 e. The summed E-state index contributed by atoms with van der Waals surface area (Å²) in [5.74, 6) is -0.438. The molecular formula is C30H27FN8O3S. The third-order valence-electron chi connectivity index (χ3n) is 7.03. The molecule has 0 aliphatic heterocycles. The van der Waals surface area contributed by atoms with Gasteiger partial charge in [0.2, 0.25) is 5.91 Å². The molecule has 11 nitrogen and oxygen atoms in total. The molecule has 2 aromatic carbocycles. The molecular weight excluding hydrogens is 571 g/mol. The number of sulfone groups is 1. The van der Waals surface area contributed by atoms with Gasteiger partial charge < -0.3 is 16.0 Å². The second-order valence-electron chi connectivity index (χ2n) is 10.6. The molecule has 5 N–H and O–H groups in total. The number of carbonyl (C=O) groups is 1. The monoisotopic (exact) mass is 598 g/mol. The number of fused-ring (bicyclic) bond motifs is 2. The Morgan fingerprint density at radius 3 is 2.60 bits per heavy atom. The predicted molar refractivity (Wildman–Crippen MR) is 163 cm³/mol. The van der Waals surface area contributed by atoms with Crippen LogP contribution in [0.5, 0.6) is 0 Å². The van der Waals surface area contributed by atoms with Gasteiger partial charge in [0.05, 0.1) is 40.3 Å². The summed E-state index contributed by atoms with van der Waals surface area (Å²) >= 11 is 0. The highest BCUT2D eigenvalue weighted by Crippen LogP contribution is 2.34. The minimum Gasteiger partial charge on any atom is -0.337 e. The summed E-state index contributed by atoms with van der Waals surface area (Å²) in [4.78, 5) is 29.1. The first-order valence-electron chi connectivity index (χ1n) is 13.3. The highest BCUT2D eigenvalue weighted by molar-refractivity contribution is 7.90. The molecule has 0 fully saturated rings. The zero-order valence-corrected chi connectivity index (χ0v) is 24.2. The lowest BCUT2D eigenvalue weighted by molar-refractivity contribution is -0.118.